The lowest BCUT2D eigenvalue weighted by molar-refractivity contribution is 0.0516. The predicted molar refractivity (Wildman–Crippen MR) is 103 cm³/mol. The third-order valence-electron chi connectivity index (χ3n) is 4.39. The van der Waals surface area contributed by atoms with Gasteiger partial charge in [0.1, 0.15) is 5.82 Å². The molecule has 0 aliphatic carbocycles. The van der Waals surface area contributed by atoms with Gasteiger partial charge in [0.25, 0.3) is 0 Å². The van der Waals surface area contributed by atoms with E-state index < -0.39 is 5.97 Å². The number of nitrogens with zero attached hydrogens (tertiary/aromatic N) is 2. The average molecular weight is 363 g/mol. The third kappa shape index (κ3) is 3.46. The van der Waals surface area contributed by atoms with E-state index in [1.54, 1.807) is 31.2 Å². The van der Waals surface area contributed by atoms with E-state index in [1.165, 1.54) is 4.68 Å². The van der Waals surface area contributed by atoms with Crippen LogP contribution in [0.2, 0.25) is 0 Å². The van der Waals surface area contributed by atoms with Crippen molar-refractivity contribution in [2.45, 2.75) is 20.8 Å². The third-order valence-corrected chi connectivity index (χ3v) is 4.39. The monoisotopic (exact) mass is 363 g/mol. The highest BCUT2D eigenvalue weighted by atomic mass is 16.5. The van der Waals surface area contributed by atoms with Gasteiger partial charge in [0.2, 0.25) is 0 Å². The fourth-order valence-electron chi connectivity index (χ4n) is 2.79. The highest BCUT2D eigenvalue weighted by Crippen LogP contribution is 2.26. The minimum Gasteiger partial charge on any atom is -0.461 e. The van der Waals surface area contributed by atoms with Crippen LogP contribution in [0.15, 0.2) is 48.5 Å². The number of rotatable bonds is 5. The molecule has 0 aliphatic heterocycles. The standard InChI is InChI=1S/C21H21N3O3/c1-4-27-21(26)18-17(19(25)15-8-6-5-7-9-15)20(22)24(23-18)16-11-10-13(2)14(3)12-16/h5-12H,4,22H2,1-3H3. The Hall–Kier alpha value is -3.41. The first-order valence-corrected chi connectivity index (χ1v) is 8.67. The zero-order chi connectivity index (χ0) is 19.6. The lowest BCUT2D eigenvalue weighted by atomic mass is 10.0. The zero-order valence-corrected chi connectivity index (χ0v) is 15.5. The smallest absolute Gasteiger partial charge is 0.359 e. The quantitative estimate of drug-likeness (QED) is 0.554. The normalized spacial score (nSPS) is 10.6. The van der Waals surface area contributed by atoms with Crippen LogP contribution in [0.4, 0.5) is 5.82 Å². The van der Waals surface area contributed by atoms with E-state index in [-0.39, 0.29) is 29.5 Å². The van der Waals surface area contributed by atoms with Crippen LogP contribution in [0.1, 0.15) is 44.5 Å². The number of nitrogens with two attached hydrogens (primary N) is 1. The number of ketones is 1. The summed E-state index contributed by atoms with van der Waals surface area (Å²) in [6.07, 6.45) is 0. The summed E-state index contributed by atoms with van der Waals surface area (Å²) in [5.41, 5.74) is 9.51. The van der Waals surface area contributed by atoms with Crippen molar-refractivity contribution in [3.63, 3.8) is 0 Å². The van der Waals surface area contributed by atoms with Crippen molar-refractivity contribution < 1.29 is 14.3 Å². The molecule has 0 atom stereocenters. The molecule has 0 amide bonds. The molecule has 6 heteroatoms. The van der Waals surface area contributed by atoms with Gasteiger partial charge in [-0.05, 0) is 44.0 Å². The number of hydrogen-bond acceptors (Lipinski definition) is 5. The van der Waals surface area contributed by atoms with Gasteiger partial charge in [0, 0.05) is 5.56 Å². The molecule has 0 radical (unpaired) electrons. The van der Waals surface area contributed by atoms with Crippen molar-refractivity contribution in [1.82, 2.24) is 9.78 Å². The van der Waals surface area contributed by atoms with Crippen molar-refractivity contribution in [2.75, 3.05) is 12.3 Å². The fourth-order valence-corrected chi connectivity index (χ4v) is 2.79. The van der Waals surface area contributed by atoms with Gasteiger partial charge in [-0.2, -0.15) is 5.10 Å². The van der Waals surface area contributed by atoms with Crippen LogP contribution in [0, 0.1) is 13.8 Å². The minimum atomic E-state index is -0.675. The molecule has 0 bridgehead atoms. The van der Waals surface area contributed by atoms with Crippen molar-refractivity contribution in [3.8, 4) is 5.69 Å². The van der Waals surface area contributed by atoms with Gasteiger partial charge in [0.15, 0.2) is 11.5 Å². The van der Waals surface area contributed by atoms with Crippen LogP contribution in [0.3, 0.4) is 0 Å². The first-order valence-electron chi connectivity index (χ1n) is 8.67. The van der Waals surface area contributed by atoms with Crippen molar-refractivity contribution in [3.05, 3.63) is 76.5 Å². The molecule has 138 valence electrons. The lowest BCUT2D eigenvalue weighted by Crippen LogP contribution is -2.13. The van der Waals surface area contributed by atoms with E-state index in [0.29, 0.717) is 11.3 Å². The molecular weight excluding hydrogens is 342 g/mol. The van der Waals surface area contributed by atoms with Crippen LogP contribution in [-0.2, 0) is 4.74 Å². The molecule has 27 heavy (non-hydrogen) atoms. The molecule has 0 aliphatic rings. The van der Waals surface area contributed by atoms with Crippen molar-refractivity contribution in [2.24, 2.45) is 0 Å². The van der Waals surface area contributed by atoms with Gasteiger partial charge < -0.3 is 10.5 Å². The zero-order valence-electron chi connectivity index (χ0n) is 15.5. The molecule has 1 aromatic heterocycles. The molecule has 2 aromatic carbocycles. The molecule has 3 aromatic rings. The number of esters is 1. The Balaban J connectivity index is 2.18. The Morgan fingerprint density at radius 1 is 1.07 bits per heavy atom. The van der Waals surface area contributed by atoms with E-state index in [0.717, 1.165) is 11.1 Å². The van der Waals surface area contributed by atoms with Crippen LogP contribution in [0.5, 0.6) is 0 Å². The lowest BCUT2D eigenvalue weighted by Gasteiger charge is -2.07. The molecule has 0 saturated carbocycles. The Kier molecular flexibility index (Phi) is 5.07. The van der Waals surface area contributed by atoms with E-state index in [4.69, 9.17) is 10.5 Å². The van der Waals surface area contributed by atoms with Crippen LogP contribution in [0.25, 0.3) is 5.69 Å². The Morgan fingerprint density at radius 3 is 2.41 bits per heavy atom. The number of aryl methyl sites for hydroxylation is 2. The van der Waals surface area contributed by atoms with Gasteiger partial charge in [-0.3, -0.25) is 4.79 Å². The van der Waals surface area contributed by atoms with E-state index >= 15 is 0 Å². The first kappa shape index (κ1) is 18.4. The first-order chi connectivity index (χ1) is 12.9. The molecule has 3 rings (SSSR count). The number of nitrogen functional groups attached to an aromatic ring is 1. The highest BCUT2D eigenvalue weighted by molar-refractivity contribution is 6.16. The molecule has 1 heterocycles. The second-order valence-electron chi connectivity index (χ2n) is 6.20. The largest absolute Gasteiger partial charge is 0.461 e. The molecule has 0 fully saturated rings. The van der Waals surface area contributed by atoms with Gasteiger partial charge in [-0.1, -0.05) is 36.4 Å². The summed E-state index contributed by atoms with van der Waals surface area (Å²) < 4.78 is 6.49. The van der Waals surface area contributed by atoms with Crippen LogP contribution in [-0.4, -0.2) is 28.1 Å². The molecule has 0 saturated heterocycles. The summed E-state index contributed by atoms with van der Waals surface area (Å²) >= 11 is 0. The molecular formula is C21H21N3O3. The minimum absolute atomic E-state index is 0.0536. The van der Waals surface area contributed by atoms with Gasteiger partial charge in [-0.25, -0.2) is 9.48 Å². The Bertz CT molecular complexity index is 1010. The van der Waals surface area contributed by atoms with E-state index in [1.807, 2.05) is 38.1 Å². The van der Waals surface area contributed by atoms with Crippen molar-refractivity contribution >= 4 is 17.6 Å². The summed E-state index contributed by atoms with van der Waals surface area (Å²) in [6, 6.07) is 14.3. The second-order valence-corrected chi connectivity index (χ2v) is 6.20. The predicted octanol–water partition coefficient (Wildman–Crippen LogP) is 3.48. The number of carbonyl (C=O) groups is 2. The van der Waals surface area contributed by atoms with Crippen LogP contribution < -0.4 is 5.73 Å². The number of aromatic nitrogens is 2. The molecule has 0 unspecified atom stereocenters. The fraction of sp³-hybridized carbons (Fsp3) is 0.190. The Morgan fingerprint density at radius 2 is 1.78 bits per heavy atom. The Labute approximate surface area is 157 Å². The molecule has 6 nitrogen and oxygen atoms in total. The molecule has 0 spiro atoms. The maximum atomic E-state index is 13.0. The van der Waals surface area contributed by atoms with Crippen molar-refractivity contribution in [1.29, 1.82) is 0 Å². The number of hydrogen-bond donors (Lipinski definition) is 1. The number of ether oxygens (including phenoxy) is 1. The molecule has 2 N–H and O–H groups in total. The number of benzene rings is 2. The summed E-state index contributed by atoms with van der Waals surface area (Å²) in [5.74, 6) is -0.938. The van der Waals surface area contributed by atoms with Gasteiger partial charge >= 0.3 is 5.97 Å². The van der Waals surface area contributed by atoms with E-state index in [2.05, 4.69) is 5.10 Å². The maximum Gasteiger partial charge on any atom is 0.359 e. The summed E-state index contributed by atoms with van der Waals surface area (Å²) in [7, 11) is 0. The highest BCUT2D eigenvalue weighted by Gasteiger charge is 2.29. The second kappa shape index (κ2) is 7.45. The topological polar surface area (TPSA) is 87.2 Å². The average Bonchev–Trinajstić information content (AvgIpc) is 3.01. The van der Waals surface area contributed by atoms with Gasteiger partial charge in [0.05, 0.1) is 17.9 Å². The number of carbonyl (C=O) groups excluding carboxylic acids is 2. The summed E-state index contributed by atoms with van der Waals surface area (Å²) in [4.78, 5) is 25.4. The summed E-state index contributed by atoms with van der Waals surface area (Å²) in [6.45, 7) is 5.84. The van der Waals surface area contributed by atoms with Gasteiger partial charge in [-0.15, -0.1) is 0 Å². The van der Waals surface area contributed by atoms with E-state index in [9.17, 15) is 9.59 Å². The SMILES string of the molecule is CCOC(=O)c1nn(-c2ccc(C)c(C)c2)c(N)c1C(=O)c1ccccc1. The summed E-state index contributed by atoms with van der Waals surface area (Å²) in [5, 5.41) is 4.31. The number of anilines is 1. The van der Waals surface area contributed by atoms with Crippen LogP contribution >= 0.6 is 0 Å². The maximum absolute atomic E-state index is 13.0.